The summed E-state index contributed by atoms with van der Waals surface area (Å²) in [5, 5.41) is 8.98. The molecule has 5 rings (SSSR count). The quantitative estimate of drug-likeness (QED) is 0.679. The molecule has 3 heterocycles. The first-order valence-electron chi connectivity index (χ1n) is 12.0. The molecule has 1 N–H and O–H groups in total. The molecule has 0 unspecified atom stereocenters. The predicted molar refractivity (Wildman–Crippen MR) is 126 cm³/mol. The number of piperidine rings is 1. The molecule has 7 heteroatoms. The van der Waals surface area contributed by atoms with Crippen LogP contribution in [0.5, 0.6) is 17.2 Å². The van der Waals surface area contributed by atoms with Gasteiger partial charge in [0.1, 0.15) is 11.4 Å². The molecule has 0 spiro atoms. The molecule has 2 saturated heterocycles. The molecule has 34 heavy (non-hydrogen) atoms. The van der Waals surface area contributed by atoms with E-state index >= 15 is 0 Å². The van der Waals surface area contributed by atoms with Gasteiger partial charge in [0.05, 0.1) is 19.3 Å². The molecule has 182 valence electrons. The molecular formula is C27H33NO6. The molecule has 3 aliphatic rings. The second-order valence-corrected chi connectivity index (χ2v) is 10.1. The van der Waals surface area contributed by atoms with Crippen LogP contribution in [0, 0.1) is 11.8 Å². The Balaban J connectivity index is 1.31. The summed E-state index contributed by atoms with van der Waals surface area (Å²) in [5.41, 5.74) is 1.74. The number of likely N-dealkylation sites (tertiary alicyclic amines) is 1. The molecule has 3 aliphatic heterocycles. The highest BCUT2D eigenvalue weighted by atomic mass is 16.5. The van der Waals surface area contributed by atoms with Crippen molar-refractivity contribution in [2.24, 2.45) is 11.8 Å². The minimum Gasteiger partial charge on any atom is -0.493 e. The topological polar surface area (TPSA) is 77.5 Å². The summed E-state index contributed by atoms with van der Waals surface area (Å²) < 4.78 is 24.4. The van der Waals surface area contributed by atoms with Crippen LogP contribution >= 0.6 is 0 Å². The van der Waals surface area contributed by atoms with Crippen molar-refractivity contribution in [3.8, 4) is 17.2 Å². The van der Waals surface area contributed by atoms with Gasteiger partial charge in [0.2, 0.25) is 0 Å². The average molecular weight is 468 g/mol. The van der Waals surface area contributed by atoms with E-state index in [2.05, 4.69) is 24.8 Å². The van der Waals surface area contributed by atoms with E-state index in [0.717, 1.165) is 55.1 Å². The molecule has 0 saturated carbocycles. The maximum Gasteiger partial charge on any atom is 0.341 e. The summed E-state index contributed by atoms with van der Waals surface area (Å²) >= 11 is 0. The number of nitrogens with zero attached hydrogens (tertiary/aromatic N) is 1. The molecule has 2 aromatic carbocycles. The second-order valence-electron chi connectivity index (χ2n) is 10.1. The number of carboxylic acid groups (broad SMARTS) is 1. The van der Waals surface area contributed by atoms with Gasteiger partial charge >= 0.3 is 5.97 Å². The smallest absolute Gasteiger partial charge is 0.341 e. The first-order valence-corrected chi connectivity index (χ1v) is 12.0. The molecule has 0 aliphatic carbocycles. The van der Waals surface area contributed by atoms with Gasteiger partial charge in [-0.05, 0) is 44.7 Å². The average Bonchev–Trinajstić information content (AvgIpc) is 2.82. The third kappa shape index (κ3) is 4.34. The molecular weight excluding hydrogens is 434 g/mol. The van der Waals surface area contributed by atoms with Crippen molar-refractivity contribution in [2.75, 3.05) is 26.8 Å². The van der Waals surface area contributed by atoms with Crippen LogP contribution in [0.3, 0.4) is 0 Å². The monoisotopic (exact) mass is 467 g/mol. The normalized spacial score (nSPS) is 27.5. The summed E-state index contributed by atoms with van der Waals surface area (Å²) in [4.78, 5) is 13.4. The van der Waals surface area contributed by atoms with Crippen molar-refractivity contribution < 1.29 is 28.8 Å². The number of fused-ring (bicyclic) bond motifs is 4. The van der Waals surface area contributed by atoms with Gasteiger partial charge in [-0.25, -0.2) is 4.79 Å². The summed E-state index contributed by atoms with van der Waals surface area (Å²) in [6, 6.07) is 13.8. The van der Waals surface area contributed by atoms with E-state index in [1.54, 1.807) is 7.11 Å². The van der Waals surface area contributed by atoms with E-state index in [1.807, 2.05) is 36.4 Å². The number of para-hydroxylation sites is 2. The second kappa shape index (κ2) is 9.12. The number of aliphatic carboxylic acids is 1. The maximum absolute atomic E-state index is 10.9. The highest BCUT2D eigenvalue weighted by Gasteiger charge is 2.51. The van der Waals surface area contributed by atoms with Gasteiger partial charge < -0.3 is 24.1 Å². The standard InChI is InChI=1S/C27H33NO6/c1-27(2)20-13-18-15-28(14-17-7-4-5-9-21(17)32-16-24(29)30)12-11-22(18)33-25(20)19-8-6-10-23(31-3)26(19)34-27/h4-10,18,20,22,25H,11-16H2,1-3H3,(H,29,30)/t18-,20+,22+,25-/m0/s1. The summed E-state index contributed by atoms with van der Waals surface area (Å²) in [5.74, 6) is 1.90. The summed E-state index contributed by atoms with van der Waals surface area (Å²) in [6.45, 7) is 6.56. The fourth-order valence-corrected chi connectivity index (χ4v) is 5.83. The van der Waals surface area contributed by atoms with Crippen molar-refractivity contribution in [1.82, 2.24) is 4.90 Å². The highest BCUT2D eigenvalue weighted by Crippen LogP contribution is 2.55. The highest BCUT2D eigenvalue weighted by molar-refractivity contribution is 5.68. The van der Waals surface area contributed by atoms with Gasteiger partial charge in [-0.2, -0.15) is 0 Å². The number of benzene rings is 2. The van der Waals surface area contributed by atoms with Crippen LogP contribution in [-0.4, -0.2) is 54.5 Å². The maximum atomic E-state index is 10.9. The SMILES string of the molecule is COc1cccc2c1OC(C)(C)[C@@H]1C[C@H]3CN(Cc4ccccc4OCC(=O)O)CC[C@H]3O[C@@H]21. The number of carboxylic acids is 1. The van der Waals surface area contributed by atoms with E-state index in [0.29, 0.717) is 11.7 Å². The molecule has 4 atom stereocenters. The van der Waals surface area contributed by atoms with Crippen molar-refractivity contribution in [3.63, 3.8) is 0 Å². The lowest BCUT2D eigenvalue weighted by atomic mass is 9.70. The largest absolute Gasteiger partial charge is 0.493 e. The first-order chi connectivity index (χ1) is 16.4. The van der Waals surface area contributed by atoms with Gasteiger partial charge in [0.15, 0.2) is 18.1 Å². The molecule has 0 bridgehead atoms. The van der Waals surface area contributed by atoms with Gasteiger partial charge in [0.25, 0.3) is 0 Å². The van der Waals surface area contributed by atoms with Gasteiger partial charge in [-0.15, -0.1) is 0 Å². The Kier molecular flexibility index (Phi) is 6.16. The lowest BCUT2D eigenvalue weighted by Crippen LogP contribution is -2.55. The van der Waals surface area contributed by atoms with Crippen LogP contribution in [0.15, 0.2) is 42.5 Å². The Bertz CT molecular complexity index is 1050. The van der Waals surface area contributed by atoms with Gasteiger partial charge in [0, 0.05) is 36.7 Å². The Morgan fingerprint density at radius 1 is 1.18 bits per heavy atom. The molecule has 0 radical (unpaired) electrons. The fourth-order valence-electron chi connectivity index (χ4n) is 5.83. The Morgan fingerprint density at radius 2 is 1.97 bits per heavy atom. The van der Waals surface area contributed by atoms with E-state index in [4.69, 9.17) is 24.1 Å². The first kappa shape index (κ1) is 23.0. The number of carbonyl (C=O) groups is 1. The minimum atomic E-state index is -0.971. The van der Waals surface area contributed by atoms with E-state index < -0.39 is 5.97 Å². The van der Waals surface area contributed by atoms with Crippen molar-refractivity contribution in [1.29, 1.82) is 0 Å². The predicted octanol–water partition coefficient (Wildman–Crippen LogP) is 4.30. The van der Waals surface area contributed by atoms with Crippen molar-refractivity contribution >= 4 is 5.97 Å². The van der Waals surface area contributed by atoms with E-state index in [9.17, 15) is 4.79 Å². The van der Waals surface area contributed by atoms with Crippen molar-refractivity contribution in [2.45, 2.75) is 51.0 Å². The molecule has 7 nitrogen and oxygen atoms in total. The van der Waals surface area contributed by atoms with Crippen LogP contribution in [0.4, 0.5) is 0 Å². The van der Waals surface area contributed by atoms with Crippen LogP contribution in [-0.2, 0) is 16.1 Å². The van der Waals surface area contributed by atoms with E-state index in [1.165, 1.54) is 0 Å². The van der Waals surface area contributed by atoms with Crippen molar-refractivity contribution in [3.05, 3.63) is 53.6 Å². The molecule has 0 aromatic heterocycles. The van der Waals surface area contributed by atoms with Gasteiger partial charge in [-0.1, -0.05) is 30.3 Å². The third-order valence-electron chi connectivity index (χ3n) is 7.50. The molecule has 0 amide bonds. The summed E-state index contributed by atoms with van der Waals surface area (Å²) in [6.07, 6.45) is 2.22. The fraction of sp³-hybridized carbons (Fsp3) is 0.519. The zero-order chi connectivity index (χ0) is 23.9. The zero-order valence-electron chi connectivity index (χ0n) is 20.0. The summed E-state index contributed by atoms with van der Waals surface area (Å²) in [7, 11) is 1.68. The van der Waals surface area contributed by atoms with Crippen LogP contribution in [0.2, 0.25) is 0 Å². The number of hydrogen-bond donors (Lipinski definition) is 1. The van der Waals surface area contributed by atoms with Crippen LogP contribution < -0.4 is 14.2 Å². The Labute approximate surface area is 200 Å². The lowest BCUT2D eigenvalue weighted by molar-refractivity contribution is -0.188. The Hall–Kier alpha value is -2.77. The number of methoxy groups -OCH3 is 1. The Morgan fingerprint density at radius 3 is 2.76 bits per heavy atom. The number of hydrogen-bond acceptors (Lipinski definition) is 6. The zero-order valence-corrected chi connectivity index (χ0v) is 20.0. The van der Waals surface area contributed by atoms with E-state index in [-0.39, 0.29) is 30.3 Å². The van der Waals surface area contributed by atoms with Gasteiger partial charge in [-0.3, -0.25) is 4.90 Å². The van der Waals surface area contributed by atoms with Crippen LogP contribution in [0.25, 0.3) is 0 Å². The number of rotatable bonds is 6. The minimum absolute atomic E-state index is 0.00629. The van der Waals surface area contributed by atoms with Crippen LogP contribution in [0.1, 0.15) is 43.9 Å². The lowest BCUT2D eigenvalue weighted by Gasteiger charge is -2.53. The third-order valence-corrected chi connectivity index (χ3v) is 7.50. The number of ether oxygens (including phenoxy) is 4. The molecule has 2 aromatic rings. The molecule has 2 fully saturated rings.